The highest BCUT2D eigenvalue weighted by Crippen LogP contribution is 2.52. The van der Waals surface area contributed by atoms with Gasteiger partial charge in [-0.1, -0.05) is 51.0 Å². The van der Waals surface area contributed by atoms with Crippen LogP contribution in [0.5, 0.6) is 5.75 Å². The van der Waals surface area contributed by atoms with Gasteiger partial charge >= 0.3 is 6.11 Å². The summed E-state index contributed by atoms with van der Waals surface area (Å²) in [7, 11) is 0. The molecule has 3 aromatic carbocycles. The van der Waals surface area contributed by atoms with Gasteiger partial charge in [0.15, 0.2) is 12.3 Å². The molecular formula is C28H25F7O. The summed E-state index contributed by atoms with van der Waals surface area (Å²) in [6.07, 6.45) is -6.78. The van der Waals surface area contributed by atoms with Crippen LogP contribution in [0.25, 0.3) is 11.1 Å². The molecule has 2 atom stereocenters. The van der Waals surface area contributed by atoms with Gasteiger partial charge in [-0.3, -0.25) is 0 Å². The third-order valence-electron chi connectivity index (χ3n) is 6.44. The first-order valence-corrected chi connectivity index (χ1v) is 11.9. The normalized spacial score (nSPS) is 17.0. The Bertz CT molecular complexity index is 1270. The molecule has 0 fully saturated rings. The van der Waals surface area contributed by atoms with Crippen molar-refractivity contribution in [2.75, 3.05) is 0 Å². The highest BCUT2D eigenvalue weighted by atomic mass is 19.3. The molecule has 0 saturated heterocycles. The molecule has 8 heteroatoms. The number of ether oxygens (including phenoxy) is 1. The first-order chi connectivity index (χ1) is 17.1. The second kappa shape index (κ2) is 10.1. The van der Waals surface area contributed by atoms with Gasteiger partial charge in [-0.25, -0.2) is 22.0 Å². The molecule has 1 nitrogen and oxygen atoms in total. The van der Waals surface area contributed by atoms with Gasteiger partial charge in [0.05, 0.1) is 0 Å². The van der Waals surface area contributed by atoms with Crippen LogP contribution in [0.4, 0.5) is 30.7 Å². The lowest BCUT2D eigenvalue weighted by molar-refractivity contribution is -0.187. The molecule has 0 saturated carbocycles. The van der Waals surface area contributed by atoms with Crippen LogP contribution in [0, 0.1) is 17.5 Å². The Kier molecular flexibility index (Phi) is 7.34. The third-order valence-corrected chi connectivity index (χ3v) is 6.44. The molecule has 192 valence electrons. The summed E-state index contributed by atoms with van der Waals surface area (Å²) >= 11 is 0. The molecule has 0 aliphatic heterocycles. The molecule has 0 bridgehead atoms. The predicted molar refractivity (Wildman–Crippen MR) is 123 cm³/mol. The van der Waals surface area contributed by atoms with Crippen LogP contribution >= 0.6 is 0 Å². The van der Waals surface area contributed by atoms with E-state index in [1.807, 2.05) is 6.92 Å². The summed E-state index contributed by atoms with van der Waals surface area (Å²) in [5.41, 5.74) is -2.60. The number of hydrogen-bond acceptors (Lipinski definition) is 1. The molecule has 3 aromatic rings. The highest BCUT2D eigenvalue weighted by Gasteiger charge is 2.44. The van der Waals surface area contributed by atoms with Gasteiger partial charge in [-0.2, -0.15) is 8.78 Å². The standard InChI is InChI=1S/C28H25F7O/c1-3-5-7-15-8-10-17(14-21(15)29)36-28(34,35)20-13-12-19-18-11-9-16(6-4-2)24(30)22(18)26(32)27(33)23(19)25(20)31/h8-14,26-27H,3-7H2,1-2H3. The minimum Gasteiger partial charge on any atom is -0.429 e. The second-order valence-electron chi connectivity index (χ2n) is 8.92. The average Bonchev–Trinajstić information content (AvgIpc) is 2.83. The van der Waals surface area contributed by atoms with E-state index < -0.39 is 58.3 Å². The quantitative estimate of drug-likeness (QED) is 0.275. The van der Waals surface area contributed by atoms with Crippen molar-refractivity contribution >= 4 is 0 Å². The topological polar surface area (TPSA) is 9.23 Å². The Balaban J connectivity index is 1.72. The summed E-state index contributed by atoms with van der Waals surface area (Å²) in [4.78, 5) is 0. The van der Waals surface area contributed by atoms with Gasteiger partial charge in [0, 0.05) is 17.2 Å². The fourth-order valence-corrected chi connectivity index (χ4v) is 4.58. The second-order valence-corrected chi connectivity index (χ2v) is 8.92. The van der Waals surface area contributed by atoms with E-state index in [0.29, 0.717) is 37.3 Å². The Hall–Kier alpha value is -3.03. The van der Waals surface area contributed by atoms with Crippen molar-refractivity contribution in [2.24, 2.45) is 0 Å². The van der Waals surface area contributed by atoms with E-state index in [-0.39, 0.29) is 16.7 Å². The molecule has 4 rings (SSSR count). The van der Waals surface area contributed by atoms with Crippen LogP contribution in [0.2, 0.25) is 0 Å². The maximum absolute atomic E-state index is 15.3. The smallest absolute Gasteiger partial charge is 0.429 e. The van der Waals surface area contributed by atoms with Crippen molar-refractivity contribution in [3.8, 4) is 16.9 Å². The third kappa shape index (κ3) is 4.58. The van der Waals surface area contributed by atoms with Crippen molar-refractivity contribution in [1.82, 2.24) is 0 Å². The summed E-state index contributed by atoms with van der Waals surface area (Å²) < 4.78 is 109. The van der Waals surface area contributed by atoms with E-state index in [1.165, 1.54) is 18.2 Å². The minimum atomic E-state index is -4.32. The summed E-state index contributed by atoms with van der Waals surface area (Å²) in [5, 5.41) is 0. The molecule has 36 heavy (non-hydrogen) atoms. The molecule has 0 amide bonds. The number of alkyl halides is 4. The van der Waals surface area contributed by atoms with Crippen molar-refractivity contribution in [1.29, 1.82) is 0 Å². The van der Waals surface area contributed by atoms with E-state index in [9.17, 15) is 17.6 Å². The minimum absolute atomic E-state index is 0.0943. The lowest BCUT2D eigenvalue weighted by atomic mass is 9.80. The van der Waals surface area contributed by atoms with Crippen molar-refractivity contribution < 1.29 is 35.5 Å². The molecule has 0 radical (unpaired) electrons. The first kappa shape index (κ1) is 26.0. The van der Waals surface area contributed by atoms with Gasteiger partial charge in [0.25, 0.3) is 0 Å². The summed E-state index contributed by atoms with van der Waals surface area (Å²) in [6.45, 7) is 3.72. The number of fused-ring (bicyclic) bond motifs is 3. The van der Waals surface area contributed by atoms with E-state index >= 15 is 13.2 Å². The summed E-state index contributed by atoms with van der Waals surface area (Å²) in [5.74, 6) is -3.91. The zero-order chi connectivity index (χ0) is 26.2. The number of benzene rings is 3. The Morgan fingerprint density at radius 1 is 0.750 bits per heavy atom. The summed E-state index contributed by atoms with van der Waals surface area (Å²) in [6, 6.07) is 7.65. The number of halogens is 7. The van der Waals surface area contributed by atoms with E-state index in [4.69, 9.17) is 0 Å². The van der Waals surface area contributed by atoms with Gasteiger partial charge in [0.2, 0.25) is 0 Å². The molecule has 1 aliphatic rings. The molecule has 2 unspecified atom stereocenters. The first-order valence-electron chi connectivity index (χ1n) is 11.9. The van der Waals surface area contributed by atoms with Crippen LogP contribution in [0.1, 0.15) is 73.3 Å². The molecule has 0 aromatic heterocycles. The van der Waals surface area contributed by atoms with E-state index in [1.54, 1.807) is 6.92 Å². The SMILES string of the molecule is CCCCc1ccc(OC(F)(F)c2ccc3c(c2F)C(F)C(F)c2c-3ccc(CCC)c2F)cc1F. The zero-order valence-corrected chi connectivity index (χ0v) is 19.8. The van der Waals surface area contributed by atoms with Crippen molar-refractivity contribution in [2.45, 2.75) is 64.4 Å². The van der Waals surface area contributed by atoms with Crippen LogP contribution in [-0.4, -0.2) is 0 Å². The molecule has 0 N–H and O–H groups in total. The zero-order valence-electron chi connectivity index (χ0n) is 19.8. The van der Waals surface area contributed by atoms with Crippen molar-refractivity contribution in [3.63, 3.8) is 0 Å². The van der Waals surface area contributed by atoms with Gasteiger partial charge < -0.3 is 4.74 Å². The van der Waals surface area contributed by atoms with Crippen LogP contribution < -0.4 is 4.74 Å². The largest absolute Gasteiger partial charge is 0.429 e. The van der Waals surface area contributed by atoms with Gasteiger partial charge in [-0.15, -0.1) is 0 Å². The van der Waals surface area contributed by atoms with Crippen LogP contribution in [-0.2, 0) is 19.0 Å². The number of aryl methyl sites for hydroxylation is 2. The fourth-order valence-electron chi connectivity index (χ4n) is 4.58. The van der Waals surface area contributed by atoms with Gasteiger partial charge in [-0.05, 0) is 53.6 Å². The maximum atomic E-state index is 15.3. The lowest BCUT2D eigenvalue weighted by Crippen LogP contribution is -2.26. The predicted octanol–water partition coefficient (Wildman–Crippen LogP) is 9.23. The molecule has 0 heterocycles. The Morgan fingerprint density at radius 3 is 1.97 bits per heavy atom. The highest BCUT2D eigenvalue weighted by molar-refractivity contribution is 5.76. The molecule has 0 spiro atoms. The molecule has 1 aliphatic carbocycles. The Labute approximate surface area is 204 Å². The number of hydrogen-bond donors (Lipinski definition) is 0. The Morgan fingerprint density at radius 2 is 1.36 bits per heavy atom. The van der Waals surface area contributed by atoms with E-state index in [2.05, 4.69) is 4.74 Å². The number of unbranched alkanes of at least 4 members (excludes halogenated alkanes) is 1. The van der Waals surface area contributed by atoms with Crippen LogP contribution in [0.3, 0.4) is 0 Å². The van der Waals surface area contributed by atoms with E-state index in [0.717, 1.165) is 24.6 Å². The van der Waals surface area contributed by atoms with Crippen LogP contribution in [0.15, 0.2) is 42.5 Å². The monoisotopic (exact) mass is 510 g/mol. The fraction of sp³-hybridized carbons (Fsp3) is 0.357. The molecular weight excluding hydrogens is 485 g/mol. The lowest BCUT2D eigenvalue weighted by Gasteiger charge is -2.29. The van der Waals surface area contributed by atoms with Gasteiger partial charge in [0.1, 0.15) is 28.8 Å². The number of rotatable bonds is 8. The van der Waals surface area contributed by atoms with Crippen molar-refractivity contribution in [3.05, 3.63) is 87.7 Å². The average molecular weight is 510 g/mol. The maximum Gasteiger partial charge on any atom is 0.429 e.